The summed E-state index contributed by atoms with van der Waals surface area (Å²) in [5, 5.41) is 23.7. The number of carbonyl (C=O) groups is 2. The van der Waals surface area contributed by atoms with Crippen molar-refractivity contribution in [3.63, 3.8) is 0 Å². The monoisotopic (exact) mass is 650 g/mol. The van der Waals surface area contributed by atoms with Crippen molar-refractivity contribution in [2.24, 2.45) is 5.41 Å². The smallest absolute Gasteiger partial charge is 0.408 e. The normalized spacial score (nSPS) is 17.5. The molecule has 13 heteroatoms. The summed E-state index contributed by atoms with van der Waals surface area (Å²) in [5.74, 6) is -0.493. The maximum atomic E-state index is 12.9. The average Bonchev–Trinajstić information content (AvgIpc) is 3.55. The van der Waals surface area contributed by atoms with Crippen LogP contribution in [0.4, 0.5) is 10.6 Å². The van der Waals surface area contributed by atoms with Crippen molar-refractivity contribution in [1.82, 2.24) is 24.7 Å². The Morgan fingerprint density at radius 1 is 1.16 bits per heavy atom. The van der Waals surface area contributed by atoms with Gasteiger partial charge in [0.15, 0.2) is 17.2 Å². The highest BCUT2D eigenvalue weighted by Crippen LogP contribution is 2.52. The third kappa shape index (κ3) is 6.06. The van der Waals surface area contributed by atoms with Crippen LogP contribution in [0, 0.1) is 12.3 Å². The van der Waals surface area contributed by atoms with Gasteiger partial charge in [0, 0.05) is 35.8 Å². The topological polar surface area (TPSA) is 142 Å². The van der Waals surface area contributed by atoms with Gasteiger partial charge in [-0.1, -0.05) is 47.6 Å². The zero-order valence-electron chi connectivity index (χ0n) is 25.5. The molecule has 1 amide bonds. The predicted molar refractivity (Wildman–Crippen MR) is 170 cm³/mol. The number of anilines is 1. The number of ether oxygens (including phenoxy) is 1. The lowest BCUT2D eigenvalue weighted by atomic mass is 9.72. The first-order chi connectivity index (χ1) is 21.4. The Kier molecular flexibility index (Phi) is 8.17. The molecule has 1 aromatic carbocycles. The predicted octanol–water partition coefficient (Wildman–Crippen LogP) is 5.84. The molecule has 1 fully saturated rings. The van der Waals surface area contributed by atoms with E-state index in [1.165, 1.54) is 23.5 Å². The number of aromatic carboxylic acids is 1. The van der Waals surface area contributed by atoms with Crippen molar-refractivity contribution in [1.29, 1.82) is 0 Å². The van der Waals surface area contributed by atoms with Gasteiger partial charge >= 0.3 is 12.1 Å². The number of nitrogens with zero attached hydrogens (tertiary/aromatic N) is 5. The number of amides is 1. The summed E-state index contributed by atoms with van der Waals surface area (Å²) in [6.45, 7) is 8.52. The second kappa shape index (κ2) is 11.8. The standard InChI is InChI=1S/C32H35ClN6O5S/c1-18-28(45-23-9-12-39-16-21(29(41)42)35-27(39)24(23)33)36-22(17-40)26(34-18)38-13-10-32(11-14-38)15-19-7-5-6-8-20(19)25(32)37-30(43)44-31(2,3)4/h5-9,12,16,25,40H,10-11,13-15,17H2,1-4H3,(H,37,43)(H,41,42)/t25-/m1/s1. The number of rotatable bonds is 6. The number of aromatic nitrogens is 4. The largest absolute Gasteiger partial charge is 0.476 e. The Balaban J connectivity index is 1.22. The molecule has 0 saturated carbocycles. The van der Waals surface area contributed by atoms with Crippen LogP contribution < -0.4 is 10.2 Å². The number of fused-ring (bicyclic) bond motifs is 2. The molecule has 236 valence electrons. The van der Waals surface area contributed by atoms with Crippen molar-refractivity contribution in [2.45, 2.75) is 75.1 Å². The number of nitrogens with one attached hydrogen (secondary N) is 1. The van der Waals surface area contributed by atoms with Crippen LogP contribution in [0.2, 0.25) is 5.02 Å². The number of carbonyl (C=O) groups excluding carboxylic acids is 1. The van der Waals surface area contributed by atoms with Gasteiger partial charge in [-0.25, -0.2) is 24.5 Å². The minimum absolute atomic E-state index is 0.0984. The van der Waals surface area contributed by atoms with Crippen LogP contribution in [0.15, 0.2) is 52.6 Å². The number of hydrogen-bond acceptors (Lipinski definition) is 9. The molecule has 1 aliphatic carbocycles. The number of imidazole rings is 1. The van der Waals surface area contributed by atoms with Crippen LogP contribution in [-0.2, 0) is 17.8 Å². The van der Waals surface area contributed by atoms with Gasteiger partial charge in [0.2, 0.25) is 0 Å². The Morgan fingerprint density at radius 3 is 2.58 bits per heavy atom. The van der Waals surface area contributed by atoms with Gasteiger partial charge in [-0.05, 0) is 64.2 Å². The fraction of sp³-hybridized carbons (Fsp3) is 0.406. The molecule has 0 unspecified atom stereocenters. The molecule has 1 spiro atoms. The number of aliphatic hydroxyl groups excluding tert-OH is 1. The fourth-order valence-corrected chi connectivity index (χ4v) is 7.53. The van der Waals surface area contributed by atoms with Gasteiger partial charge in [0.25, 0.3) is 0 Å². The third-order valence-corrected chi connectivity index (χ3v) is 10.1. The molecule has 0 radical (unpaired) electrons. The maximum absolute atomic E-state index is 12.9. The van der Waals surface area contributed by atoms with E-state index < -0.39 is 17.7 Å². The summed E-state index contributed by atoms with van der Waals surface area (Å²) in [7, 11) is 0. The molecule has 3 aromatic heterocycles. The first kappa shape index (κ1) is 31.1. The Labute approximate surface area is 270 Å². The Hall–Kier alpha value is -3.87. The van der Waals surface area contributed by atoms with Crippen LogP contribution >= 0.6 is 23.4 Å². The SMILES string of the molecule is Cc1nc(N2CCC3(CC2)Cc2ccccc2[C@H]3NC(=O)OC(C)(C)C)c(CO)nc1Sc1ccn2cc(C(=O)O)nc2c1Cl. The highest BCUT2D eigenvalue weighted by atomic mass is 35.5. The second-order valence-corrected chi connectivity index (χ2v) is 14.0. The van der Waals surface area contributed by atoms with Crippen molar-refractivity contribution in [3.8, 4) is 0 Å². The summed E-state index contributed by atoms with van der Waals surface area (Å²) >= 11 is 7.91. The van der Waals surface area contributed by atoms with Gasteiger partial charge in [-0.3, -0.25) is 0 Å². The highest BCUT2D eigenvalue weighted by Gasteiger charge is 2.49. The van der Waals surface area contributed by atoms with Crippen molar-refractivity contribution < 1.29 is 24.5 Å². The van der Waals surface area contributed by atoms with E-state index in [1.54, 1.807) is 16.7 Å². The number of halogens is 1. The Bertz CT molecular complexity index is 1800. The molecule has 2 aliphatic rings. The number of pyridine rings is 1. The minimum atomic E-state index is -1.13. The number of aliphatic hydroxyl groups is 1. The minimum Gasteiger partial charge on any atom is -0.476 e. The molecular formula is C32H35ClN6O5S. The maximum Gasteiger partial charge on any atom is 0.408 e. The van der Waals surface area contributed by atoms with Crippen LogP contribution in [0.3, 0.4) is 0 Å². The number of carboxylic acids is 1. The third-order valence-electron chi connectivity index (χ3n) is 8.43. The van der Waals surface area contributed by atoms with Crippen LogP contribution in [-0.4, -0.2) is 60.3 Å². The van der Waals surface area contributed by atoms with Gasteiger partial charge in [-0.2, -0.15) is 0 Å². The quantitative estimate of drug-likeness (QED) is 0.233. The second-order valence-electron chi connectivity index (χ2n) is 12.6. The van der Waals surface area contributed by atoms with E-state index in [-0.39, 0.29) is 23.8 Å². The molecule has 45 heavy (non-hydrogen) atoms. The number of piperidine rings is 1. The summed E-state index contributed by atoms with van der Waals surface area (Å²) in [6.07, 6.45) is 5.16. The lowest BCUT2D eigenvalue weighted by Gasteiger charge is -2.44. The zero-order valence-corrected chi connectivity index (χ0v) is 27.1. The van der Waals surface area contributed by atoms with Gasteiger partial charge < -0.3 is 29.6 Å². The van der Waals surface area contributed by atoms with Crippen molar-refractivity contribution >= 4 is 46.9 Å². The van der Waals surface area contributed by atoms with E-state index >= 15 is 0 Å². The fourth-order valence-electron chi connectivity index (χ4n) is 6.34. The number of alkyl carbamates (subject to hydrolysis) is 1. The number of hydrogen-bond donors (Lipinski definition) is 3. The molecule has 11 nitrogen and oxygen atoms in total. The van der Waals surface area contributed by atoms with E-state index in [1.807, 2.05) is 39.8 Å². The van der Waals surface area contributed by atoms with Crippen LogP contribution in [0.25, 0.3) is 5.65 Å². The van der Waals surface area contributed by atoms with Crippen molar-refractivity contribution in [3.05, 3.63) is 76.0 Å². The summed E-state index contributed by atoms with van der Waals surface area (Å²) in [5.41, 5.74) is 2.99. The molecule has 0 bridgehead atoms. The highest BCUT2D eigenvalue weighted by molar-refractivity contribution is 7.99. The molecule has 1 saturated heterocycles. The lowest BCUT2D eigenvalue weighted by molar-refractivity contribution is 0.0427. The first-order valence-corrected chi connectivity index (χ1v) is 16.0. The molecule has 1 aliphatic heterocycles. The zero-order chi connectivity index (χ0) is 32.1. The summed E-state index contributed by atoms with van der Waals surface area (Å²) in [6, 6.07) is 9.88. The summed E-state index contributed by atoms with van der Waals surface area (Å²) in [4.78, 5) is 40.9. The van der Waals surface area contributed by atoms with Crippen LogP contribution in [0.5, 0.6) is 0 Å². The molecular weight excluding hydrogens is 616 g/mol. The molecule has 1 atom stereocenters. The van der Waals surface area contributed by atoms with Gasteiger partial charge in [0.1, 0.15) is 16.3 Å². The molecule has 3 N–H and O–H groups in total. The first-order valence-electron chi connectivity index (χ1n) is 14.8. The molecule has 6 rings (SSSR count). The number of aryl methyl sites for hydroxylation is 1. The summed E-state index contributed by atoms with van der Waals surface area (Å²) < 4.78 is 7.20. The van der Waals surface area contributed by atoms with E-state index in [9.17, 15) is 19.8 Å². The number of carboxylic acid groups (broad SMARTS) is 1. The van der Waals surface area contributed by atoms with Crippen molar-refractivity contribution in [2.75, 3.05) is 18.0 Å². The van der Waals surface area contributed by atoms with E-state index in [0.29, 0.717) is 50.9 Å². The van der Waals surface area contributed by atoms with Gasteiger partial charge in [0.05, 0.1) is 23.4 Å². The van der Waals surface area contributed by atoms with E-state index in [2.05, 4.69) is 27.3 Å². The average molecular weight is 651 g/mol. The van der Waals surface area contributed by atoms with E-state index in [4.69, 9.17) is 26.3 Å². The Morgan fingerprint density at radius 2 is 1.89 bits per heavy atom. The lowest BCUT2D eigenvalue weighted by Crippen LogP contribution is -2.48. The van der Waals surface area contributed by atoms with Crippen LogP contribution in [0.1, 0.15) is 72.7 Å². The van der Waals surface area contributed by atoms with Gasteiger partial charge in [-0.15, -0.1) is 0 Å². The number of benzene rings is 1. The van der Waals surface area contributed by atoms with E-state index in [0.717, 1.165) is 24.8 Å². The molecule has 4 heterocycles. The molecule has 4 aromatic rings.